The zero-order valence-electron chi connectivity index (χ0n) is 14.7. The smallest absolute Gasteiger partial charge is 0.255 e. The lowest BCUT2D eigenvalue weighted by Crippen LogP contribution is -2.31. The lowest BCUT2D eigenvalue weighted by Gasteiger charge is -2.10. The summed E-state index contributed by atoms with van der Waals surface area (Å²) in [4.78, 5) is 12.6. The zero-order valence-corrected chi connectivity index (χ0v) is 16.2. The highest BCUT2D eigenvalue weighted by atomic mass is 35.5. The Morgan fingerprint density at radius 3 is 2.42 bits per heavy atom. The van der Waals surface area contributed by atoms with Gasteiger partial charge in [-0.2, -0.15) is 5.10 Å². The van der Waals surface area contributed by atoms with Gasteiger partial charge in [-0.3, -0.25) is 4.79 Å². The van der Waals surface area contributed by atoms with Gasteiger partial charge in [0.2, 0.25) is 0 Å². The van der Waals surface area contributed by atoms with Gasteiger partial charge in [-0.05, 0) is 51.3 Å². The van der Waals surface area contributed by atoms with E-state index < -0.39 is 0 Å². The fraction of sp³-hybridized carbons (Fsp3) is 0.444. The Morgan fingerprint density at radius 1 is 1.21 bits per heavy atom. The summed E-state index contributed by atoms with van der Waals surface area (Å²) >= 11 is 12.1. The molecule has 0 aliphatic rings. The van der Waals surface area contributed by atoms with Crippen LogP contribution in [-0.2, 0) is 6.42 Å². The number of amides is 1. The molecule has 0 aliphatic carbocycles. The molecule has 1 heterocycles. The van der Waals surface area contributed by atoms with Crippen LogP contribution in [0.3, 0.4) is 0 Å². The van der Waals surface area contributed by atoms with Crippen molar-refractivity contribution in [3.63, 3.8) is 0 Å². The molecule has 1 amide bonds. The first-order valence-corrected chi connectivity index (χ1v) is 8.81. The molecular formula is C18H23Cl2N3O. The molecule has 24 heavy (non-hydrogen) atoms. The molecule has 0 saturated carbocycles. The average Bonchev–Trinajstić information content (AvgIpc) is 2.77. The predicted octanol–water partition coefficient (Wildman–Crippen LogP) is 4.82. The first kappa shape index (κ1) is 18.8. The number of nitrogens with zero attached hydrogens (tertiary/aromatic N) is 2. The standard InChI is InChI=1S/C18H23Cl2N3O/c1-10(2)8-16-17(18(24)21-11(3)4)12(5)23(22-16)13-6-7-14(19)15(20)9-13/h6-7,9-11H,8H2,1-5H3,(H,21,24). The molecule has 4 nitrogen and oxygen atoms in total. The van der Waals surface area contributed by atoms with Crippen LogP contribution in [0.4, 0.5) is 0 Å². The Morgan fingerprint density at radius 2 is 1.88 bits per heavy atom. The molecule has 6 heteroatoms. The molecule has 2 aromatic rings. The molecule has 130 valence electrons. The molecule has 1 aromatic carbocycles. The van der Waals surface area contributed by atoms with E-state index in [1.54, 1.807) is 16.8 Å². The number of hydrogen-bond donors (Lipinski definition) is 1. The molecule has 0 fully saturated rings. The summed E-state index contributed by atoms with van der Waals surface area (Å²) in [5, 5.41) is 8.58. The van der Waals surface area contributed by atoms with E-state index in [9.17, 15) is 4.79 Å². The molecule has 1 N–H and O–H groups in total. The summed E-state index contributed by atoms with van der Waals surface area (Å²) in [5.41, 5.74) is 3.02. The maximum absolute atomic E-state index is 12.6. The number of nitrogens with one attached hydrogen (secondary N) is 1. The van der Waals surface area contributed by atoms with Crippen LogP contribution in [0.5, 0.6) is 0 Å². The lowest BCUT2D eigenvalue weighted by molar-refractivity contribution is 0.0941. The van der Waals surface area contributed by atoms with Crippen molar-refractivity contribution in [3.8, 4) is 5.69 Å². The van der Waals surface area contributed by atoms with Gasteiger partial charge < -0.3 is 5.32 Å². The van der Waals surface area contributed by atoms with Gasteiger partial charge in [-0.1, -0.05) is 37.0 Å². The molecule has 0 atom stereocenters. The Balaban J connectivity index is 2.55. The number of hydrogen-bond acceptors (Lipinski definition) is 2. The van der Waals surface area contributed by atoms with E-state index in [0.717, 1.165) is 23.5 Å². The van der Waals surface area contributed by atoms with Gasteiger partial charge in [-0.15, -0.1) is 0 Å². The van der Waals surface area contributed by atoms with E-state index in [4.69, 9.17) is 23.2 Å². The van der Waals surface area contributed by atoms with Crippen molar-refractivity contribution in [2.45, 2.75) is 47.1 Å². The molecule has 0 unspecified atom stereocenters. The van der Waals surface area contributed by atoms with Gasteiger partial charge in [0.05, 0.1) is 32.7 Å². The Kier molecular flexibility index (Phi) is 5.94. The van der Waals surface area contributed by atoms with E-state index in [1.165, 1.54) is 0 Å². The minimum atomic E-state index is -0.0931. The molecule has 1 aromatic heterocycles. The Labute approximate surface area is 153 Å². The SMILES string of the molecule is Cc1c(C(=O)NC(C)C)c(CC(C)C)nn1-c1ccc(Cl)c(Cl)c1. The summed E-state index contributed by atoms with van der Waals surface area (Å²) in [6.07, 6.45) is 0.732. The number of benzene rings is 1. The average molecular weight is 368 g/mol. The van der Waals surface area contributed by atoms with Gasteiger partial charge >= 0.3 is 0 Å². The van der Waals surface area contributed by atoms with Crippen LogP contribution in [0.1, 0.15) is 49.4 Å². The van der Waals surface area contributed by atoms with Gasteiger partial charge in [-0.25, -0.2) is 4.68 Å². The van der Waals surface area contributed by atoms with Crippen LogP contribution in [-0.4, -0.2) is 21.7 Å². The quantitative estimate of drug-likeness (QED) is 0.822. The number of rotatable bonds is 5. The van der Waals surface area contributed by atoms with Gasteiger partial charge in [0.15, 0.2) is 0 Å². The van der Waals surface area contributed by atoms with Crippen LogP contribution in [0.2, 0.25) is 10.0 Å². The van der Waals surface area contributed by atoms with Crippen molar-refractivity contribution >= 4 is 29.1 Å². The largest absolute Gasteiger partial charge is 0.350 e. The summed E-state index contributed by atoms with van der Waals surface area (Å²) in [7, 11) is 0. The fourth-order valence-electron chi connectivity index (χ4n) is 2.59. The molecule has 0 bridgehead atoms. The van der Waals surface area contributed by atoms with Crippen LogP contribution in [0, 0.1) is 12.8 Å². The third-order valence-corrected chi connectivity index (χ3v) is 4.32. The van der Waals surface area contributed by atoms with Gasteiger partial charge in [0, 0.05) is 6.04 Å². The lowest BCUT2D eigenvalue weighted by atomic mass is 10.0. The fourth-order valence-corrected chi connectivity index (χ4v) is 2.88. The molecule has 0 saturated heterocycles. The predicted molar refractivity (Wildman–Crippen MR) is 99.5 cm³/mol. The van der Waals surface area contributed by atoms with E-state index in [0.29, 0.717) is 21.5 Å². The Bertz CT molecular complexity index is 751. The monoisotopic (exact) mass is 367 g/mol. The van der Waals surface area contributed by atoms with Gasteiger partial charge in [0.1, 0.15) is 0 Å². The Hall–Kier alpha value is -1.52. The van der Waals surface area contributed by atoms with E-state index in [2.05, 4.69) is 24.3 Å². The second-order valence-corrected chi connectivity index (χ2v) is 7.46. The van der Waals surface area contributed by atoms with Crippen molar-refractivity contribution in [1.82, 2.24) is 15.1 Å². The molecule has 0 radical (unpaired) electrons. The summed E-state index contributed by atoms with van der Waals surface area (Å²) in [5.74, 6) is 0.302. The van der Waals surface area contributed by atoms with Crippen LogP contribution in [0.25, 0.3) is 5.69 Å². The van der Waals surface area contributed by atoms with Crippen molar-refractivity contribution in [2.75, 3.05) is 0 Å². The molecular weight excluding hydrogens is 345 g/mol. The van der Waals surface area contributed by atoms with Crippen LogP contribution in [0.15, 0.2) is 18.2 Å². The topological polar surface area (TPSA) is 46.9 Å². The normalized spacial score (nSPS) is 11.4. The zero-order chi connectivity index (χ0) is 18.0. The summed E-state index contributed by atoms with van der Waals surface area (Å²) in [6.45, 7) is 10.0. The summed E-state index contributed by atoms with van der Waals surface area (Å²) < 4.78 is 1.76. The maximum Gasteiger partial charge on any atom is 0.255 e. The van der Waals surface area contributed by atoms with E-state index in [1.807, 2.05) is 26.8 Å². The van der Waals surface area contributed by atoms with Crippen molar-refractivity contribution < 1.29 is 4.79 Å². The van der Waals surface area contributed by atoms with Crippen molar-refractivity contribution in [3.05, 3.63) is 45.2 Å². The molecule has 0 spiro atoms. The number of carbonyl (C=O) groups is 1. The van der Waals surface area contributed by atoms with Crippen LogP contribution < -0.4 is 5.32 Å². The first-order valence-electron chi connectivity index (χ1n) is 8.05. The third kappa shape index (κ3) is 4.11. The highest BCUT2D eigenvalue weighted by Gasteiger charge is 2.23. The number of carbonyl (C=O) groups excluding carboxylic acids is 1. The second-order valence-electron chi connectivity index (χ2n) is 6.64. The molecule has 0 aliphatic heterocycles. The number of halogens is 2. The summed E-state index contributed by atoms with van der Waals surface area (Å²) in [6, 6.07) is 5.40. The first-order chi connectivity index (χ1) is 11.2. The van der Waals surface area contributed by atoms with Crippen molar-refractivity contribution in [1.29, 1.82) is 0 Å². The van der Waals surface area contributed by atoms with E-state index in [-0.39, 0.29) is 11.9 Å². The minimum Gasteiger partial charge on any atom is -0.350 e. The maximum atomic E-state index is 12.6. The van der Waals surface area contributed by atoms with Crippen LogP contribution >= 0.6 is 23.2 Å². The highest BCUT2D eigenvalue weighted by molar-refractivity contribution is 6.42. The number of aromatic nitrogens is 2. The third-order valence-electron chi connectivity index (χ3n) is 3.58. The minimum absolute atomic E-state index is 0.0668. The second kappa shape index (κ2) is 7.58. The molecule has 2 rings (SSSR count). The highest BCUT2D eigenvalue weighted by Crippen LogP contribution is 2.27. The van der Waals surface area contributed by atoms with Gasteiger partial charge in [0.25, 0.3) is 5.91 Å². The van der Waals surface area contributed by atoms with E-state index >= 15 is 0 Å². The van der Waals surface area contributed by atoms with Crippen molar-refractivity contribution in [2.24, 2.45) is 5.92 Å².